The van der Waals surface area contributed by atoms with Gasteiger partial charge in [0.05, 0.1) is 5.88 Å². The summed E-state index contributed by atoms with van der Waals surface area (Å²) in [7, 11) is 0. The summed E-state index contributed by atoms with van der Waals surface area (Å²) in [6, 6.07) is 4.53. The lowest BCUT2D eigenvalue weighted by atomic mass is 10.1. The van der Waals surface area contributed by atoms with E-state index in [-0.39, 0.29) is 0 Å². The van der Waals surface area contributed by atoms with Crippen LogP contribution in [0.2, 0.25) is 0 Å². The molecule has 1 aliphatic carbocycles. The molecule has 1 heterocycles. The minimum Gasteiger partial charge on any atom is -0.375 e. The van der Waals surface area contributed by atoms with Crippen LogP contribution in [0.25, 0.3) is 12.2 Å². The topological polar surface area (TPSA) is 12.0 Å². The van der Waals surface area contributed by atoms with E-state index in [1.165, 1.54) is 21.7 Å². The summed E-state index contributed by atoms with van der Waals surface area (Å²) >= 11 is 1.88. The van der Waals surface area contributed by atoms with E-state index in [4.69, 9.17) is 0 Å². The summed E-state index contributed by atoms with van der Waals surface area (Å²) in [5, 5.41) is 3.38. The first kappa shape index (κ1) is 8.18. The Morgan fingerprint density at radius 1 is 1.07 bits per heavy atom. The fourth-order valence-corrected chi connectivity index (χ4v) is 2.70. The second kappa shape index (κ2) is 3.21. The highest BCUT2D eigenvalue weighted by Gasteiger charge is 2.12. The number of nitrogens with one attached hydrogen (secondary N) is 1. The fraction of sp³-hybridized carbons (Fsp3) is 0.167. The van der Waals surface area contributed by atoms with E-state index in [2.05, 4.69) is 41.8 Å². The molecule has 14 heavy (non-hydrogen) atoms. The summed E-state index contributed by atoms with van der Waals surface area (Å²) in [4.78, 5) is 1.38. The molecule has 1 N–H and O–H groups in total. The minimum atomic E-state index is 1.01. The van der Waals surface area contributed by atoms with Crippen molar-refractivity contribution in [2.75, 3.05) is 11.2 Å². The maximum atomic E-state index is 3.38. The second-order valence-corrected chi connectivity index (χ2v) is 4.50. The molecular weight excluding hydrogens is 190 g/mol. The Morgan fingerprint density at radius 3 is 2.71 bits per heavy atom. The van der Waals surface area contributed by atoms with Crippen LogP contribution < -0.4 is 5.32 Å². The third-order valence-electron chi connectivity index (χ3n) is 2.54. The minimum absolute atomic E-state index is 1.01. The van der Waals surface area contributed by atoms with Crippen molar-refractivity contribution in [1.29, 1.82) is 0 Å². The lowest BCUT2D eigenvalue weighted by Gasteiger charge is -2.04. The summed E-state index contributed by atoms with van der Waals surface area (Å²) in [6.45, 7) is 0. The van der Waals surface area contributed by atoms with E-state index in [1.54, 1.807) is 0 Å². The number of fused-ring (bicyclic) bond motifs is 2. The van der Waals surface area contributed by atoms with Crippen LogP contribution in [-0.2, 0) is 0 Å². The number of anilines is 1. The Morgan fingerprint density at radius 2 is 1.86 bits per heavy atom. The highest BCUT2D eigenvalue weighted by Crippen LogP contribution is 2.37. The Bertz CT molecular complexity index is 393. The van der Waals surface area contributed by atoms with Crippen LogP contribution in [0.5, 0.6) is 0 Å². The van der Waals surface area contributed by atoms with Crippen molar-refractivity contribution in [1.82, 2.24) is 0 Å². The highest BCUT2D eigenvalue weighted by molar-refractivity contribution is 7.99. The monoisotopic (exact) mass is 201 g/mol. The molecule has 0 unspecified atom stereocenters. The Kier molecular flexibility index (Phi) is 1.88. The van der Waals surface area contributed by atoms with Crippen molar-refractivity contribution < 1.29 is 0 Å². The quantitative estimate of drug-likeness (QED) is 0.688. The molecule has 0 radical (unpaired) electrons. The number of hydrogen-bond donors (Lipinski definition) is 1. The van der Waals surface area contributed by atoms with Crippen molar-refractivity contribution in [2.45, 2.75) is 11.3 Å². The van der Waals surface area contributed by atoms with Crippen LogP contribution in [0.4, 0.5) is 5.69 Å². The van der Waals surface area contributed by atoms with E-state index in [1.807, 2.05) is 11.8 Å². The molecule has 0 fully saturated rings. The van der Waals surface area contributed by atoms with Gasteiger partial charge in [0.2, 0.25) is 0 Å². The van der Waals surface area contributed by atoms with Gasteiger partial charge in [0, 0.05) is 10.6 Å². The van der Waals surface area contributed by atoms with Gasteiger partial charge >= 0.3 is 0 Å². The molecule has 1 aliphatic heterocycles. The van der Waals surface area contributed by atoms with Crippen LogP contribution in [0.15, 0.2) is 29.2 Å². The van der Waals surface area contributed by atoms with Crippen LogP contribution in [0, 0.1) is 0 Å². The van der Waals surface area contributed by atoms with Crippen LogP contribution in [-0.4, -0.2) is 5.88 Å². The molecule has 0 bridgehead atoms. The second-order valence-electron chi connectivity index (χ2n) is 3.48. The van der Waals surface area contributed by atoms with E-state index >= 15 is 0 Å². The molecule has 1 nitrogen and oxygen atoms in total. The molecule has 2 aliphatic rings. The molecule has 0 saturated heterocycles. The van der Waals surface area contributed by atoms with E-state index in [0.717, 1.165) is 12.3 Å². The fourth-order valence-electron chi connectivity index (χ4n) is 1.82. The third kappa shape index (κ3) is 1.26. The zero-order valence-electron chi connectivity index (χ0n) is 7.79. The smallest absolute Gasteiger partial charge is 0.0658 e. The number of allylic oxidation sites excluding steroid dienone is 2. The first-order valence-electron chi connectivity index (χ1n) is 4.81. The molecule has 0 saturated carbocycles. The normalized spacial score (nSPS) is 17.1. The van der Waals surface area contributed by atoms with Gasteiger partial charge in [-0.3, -0.25) is 0 Å². The van der Waals surface area contributed by atoms with Gasteiger partial charge in [0.1, 0.15) is 0 Å². The van der Waals surface area contributed by atoms with Crippen molar-refractivity contribution in [3.8, 4) is 0 Å². The van der Waals surface area contributed by atoms with Gasteiger partial charge in [-0.1, -0.05) is 24.3 Å². The van der Waals surface area contributed by atoms with Crippen molar-refractivity contribution in [3.05, 3.63) is 35.4 Å². The zero-order chi connectivity index (χ0) is 9.38. The van der Waals surface area contributed by atoms with Gasteiger partial charge in [0.15, 0.2) is 0 Å². The average molecular weight is 201 g/mol. The number of benzene rings is 1. The predicted molar refractivity (Wildman–Crippen MR) is 63.5 cm³/mol. The molecule has 1 aromatic carbocycles. The van der Waals surface area contributed by atoms with Crippen molar-refractivity contribution in [3.63, 3.8) is 0 Å². The Balaban J connectivity index is 2.20. The summed E-state index contributed by atoms with van der Waals surface area (Å²) in [5.74, 6) is 1.01. The first-order chi connectivity index (χ1) is 6.93. The maximum Gasteiger partial charge on any atom is 0.0658 e. The number of thioether (sulfide) groups is 1. The van der Waals surface area contributed by atoms with Gasteiger partial charge in [-0.15, -0.1) is 11.8 Å². The first-order valence-corrected chi connectivity index (χ1v) is 5.80. The van der Waals surface area contributed by atoms with E-state index in [9.17, 15) is 0 Å². The molecule has 1 aromatic rings. The summed E-state index contributed by atoms with van der Waals surface area (Å²) < 4.78 is 0. The van der Waals surface area contributed by atoms with Gasteiger partial charge in [-0.05, 0) is 29.7 Å². The van der Waals surface area contributed by atoms with E-state index in [0.29, 0.717) is 0 Å². The molecular formula is C12H11NS. The van der Waals surface area contributed by atoms with Crippen LogP contribution in [0.3, 0.4) is 0 Å². The lowest BCUT2D eigenvalue weighted by Crippen LogP contribution is -1.89. The molecule has 0 spiro atoms. The van der Waals surface area contributed by atoms with Crippen molar-refractivity contribution in [2.24, 2.45) is 0 Å². The molecule has 3 rings (SSSR count). The molecule has 70 valence electrons. The average Bonchev–Trinajstić information content (AvgIpc) is 2.51. The van der Waals surface area contributed by atoms with Gasteiger partial charge in [-0.2, -0.15) is 0 Å². The molecule has 0 amide bonds. The summed E-state index contributed by atoms with van der Waals surface area (Å²) in [6.07, 6.45) is 9.88. The number of hydrogen-bond acceptors (Lipinski definition) is 2. The largest absolute Gasteiger partial charge is 0.375 e. The standard InChI is InChI=1S/C12H11NS/c1-2-4-9-6-11-12(14-8-13-11)7-10(9)5-3-1/h2-7,13H,1,8H2. The SMILES string of the molecule is C1=Cc2cc3c(cc2C=CC1)SCN3. The molecule has 0 atom stereocenters. The predicted octanol–water partition coefficient (Wildman–Crippen LogP) is 3.59. The van der Waals surface area contributed by atoms with Gasteiger partial charge < -0.3 is 5.32 Å². The lowest BCUT2D eigenvalue weighted by molar-refractivity contribution is 1.41. The summed E-state index contributed by atoms with van der Waals surface area (Å²) in [5.41, 5.74) is 3.95. The zero-order valence-corrected chi connectivity index (χ0v) is 8.60. The van der Waals surface area contributed by atoms with Crippen LogP contribution in [0.1, 0.15) is 17.5 Å². The Hall–Kier alpha value is -1.15. The Labute approximate surface area is 87.9 Å². The molecule has 2 heteroatoms. The highest BCUT2D eigenvalue weighted by atomic mass is 32.2. The van der Waals surface area contributed by atoms with Gasteiger partial charge in [-0.25, -0.2) is 0 Å². The van der Waals surface area contributed by atoms with Gasteiger partial charge in [0.25, 0.3) is 0 Å². The maximum absolute atomic E-state index is 3.38. The van der Waals surface area contributed by atoms with Crippen molar-refractivity contribution >= 4 is 29.6 Å². The molecule has 0 aromatic heterocycles. The van der Waals surface area contributed by atoms with Crippen LogP contribution >= 0.6 is 11.8 Å². The van der Waals surface area contributed by atoms with E-state index < -0.39 is 0 Å². The third-order valence-corrected chi connectivity index (χ3v) is 3.48. The number of rotatable bonds is 0.